The van der Waals surface area contributed by atoms with E-state index in [1.54, 1.807) is 16.4 Å². The third-order valence-electron chi connectivity index (χ3n) is 5.70. The average molecular weight is 413 g/mol. The third kappa shape index (κ3) is 5.21. The quantitative estimate of drug-likeness (QED) is 0.696. The number of thioether (sulfide) groups is 1. The number of nitrogens with zero attached hydrogens (tertiary/aromatic N) is 2. The van der Waals surface area contributed by atoms with Gasteiger partial charge in [-0.25, -0.2) is 4.68 Å². The summed E-state index contributed by atoms with van der Waals surface area (Å²) in [5, 5.41) is 10.6. The minimum atomic E-state index is -0.0824. The molecule has 1 aliphatic carbocycles. The van der Waals surface area contributed by atoms with Gasteiger partial charge in [-0.15, -0.1) is 0 Å². The van der Waals surface area contributed by atoms with Crippen LogP contribution in [0, 0.1) is 5.92 Å². The Labute approximate surface area is 175 Å². The molecule has 1 aromatic heterocycles. The summed E-state index contributed by atoms with van der Waals surface area (Å²) < 4.78 is 1.68. The van der Waals surface area contributed by atoms with Crippen molar-refractivity contribution in [1.29, 1.82) is 0 Å². The van der Waals surface area contributed by atoms with Gasteiger partial charge in [0.25, 0.3) is 0 Å². The van der Waals surface area contributed by atoms with Gasteiger partial charge in [-0.3, -0.25) is 9.59 Å². The van der Waals surface area contributed by atoms with Crippen molar-refractivity contribution in [3.05, 3.63) is 47.2 Å². The van der Waals surface area contributed by atoms with Gasteiger partial charge in [-0.1, -0.05) is 43.2 Å². The van der Waals surface area contributed by atoms with Gasteiger partial charge in [0.1, 0.15) is 12.4 Å². The summed E-state index contributed by atoms with van der Waals surface area (Å²) in [5.74, 6) is 2.84. The van der Waals surface area contributed by atoms with Crippen LogP contribution in [0.4, 0.5) is 5.82 Å². The highest BCUT2D eigenvalue weighted by Gasteiger charge is 2.26. The van der Waals surface area contributed by atoms with Gasteiger partial charge in [-0.05, 0) is 30.7 Å². The molecule has 7 heteroatoms. The summed E-state index contributed by atoms with van der Waals surface area (Å²) in [6, 6.07) is 10.1. The largest absolute Gasteiger partial charge is 0.354 e. The maximum absolute atomic E-state index is 12.6. The van der Waals surface area contributed by atoms with Gasteiger partial charge in [0.05, 0.1) is 5.69 Å². The Morgan fingerprint density at radius 1 is 1.10 bits per heavy atom. The molecule has 0 bridgehead atoms. The van der Waals surface area contributed by atoms with Crippen molar-refractivity contribution in [3.8, 4) is 0 Å². The normalized spacial score (nSPS) is 16.0. The summed E-state index contributed by atoms with van der Waals surface area (Å²) in [6.45, 7) is 0.717. The average Bonchev–Trinajstić information content (AvgIpc) is 3.43. The first-order chi connectivity index (χ1) is 14.2. The molecule has 2 N–H and O–H groups in total. The van der Waals surface area contributed by atoms with E-state index in [2.05, 4.69) is 27.9 Å². The third-order valence-corrected chi connectivity index (χ3v) is 6.67. The van der Waals surface area contributed by atoms with Gasteiger partial charge in [0.15, 0.2) is 0 Å². The Hall–Kier alpha value is -2.28. The maximum Gasteiger partial charge on any atom is 0.241 e. The van der Waals surface area contributed by atoms with Crippen LogP contribution in [0.25, 0.3) is 0 Å². The van der Waals surface area contributed by atoms with Gasteiger partial charge in [-0.2, -0.15) is 16.9 Å². The van der Waals surface area contributed by atoms with Crippen LogP contribution in [0.1, 0.15) is 48.9 Å². The van der Waals surface area contributed by atoms with Crippen molar-refractivity contribution in [2.24, 2.45) is 5.92 Å². The molecule has 0 unspecified atom stereocenters. The highest BCUT2D eigenvalue weighted by atomic mass is 32.2. The van der Waals surface area contributed by atoms with Crippen LogP contribution in [0.15, 0.2) is 30.3 Å². The van der Waals surface area contributed by atoms with Crippen LogP contribution >= 0.6 is 11.8 Å². The number of rotatable bonds is 8. The smallest absolute Gasteiger partial charge is 0.241 e. The molecule has 1 saturated carbocycles. The van der Waals surface area contributed by atoms with E-state index in [-0.39, 0.29) is 18.4 Å². The fourth-order valence-corrected chi connectivity index (χ4v) is 5.20. The van der Waals surface area contributed by atoms with Crippen LogP contribution in [0.5, 0.6) is 0 Å². The highest BCUT2D eigenvalue weighted by molar-refractivity contribution is 7.98. The van der Waals surface area contributed by atoms with Gasteiger partial charge < -0.3 is 10.6 Å². The Morgan fingerprint density at radius 2 is 1.90 bits per heavy atom. The van der Waals surface area contributed by atoms with Crippen LogP contribution in [0.2, 0.25) is 0 Å². The van der Waals surface area contributed by atoms with Crippen molar-refractivity contribution in [1.82, 2.24) is 15.1 Å². The van der Waals surface area contributed by atoms with Gasteiger partial charge in [0.2, 0.25) is 11.8 Å². The first-order valence-electron chi connectivity index (χ1n) is 10.5. The number of fused-ring (bicyclic) bond motifs is 1. The number of aromatic nitrogens is 2. The molecule has 1 aliphatic heterocycles. The fourth-order valence-electron chi connectivity index (χ4n) is 4.16. The zero-order valence-electron chi connectivity index (χ0n) is 16.7. The Bertz CT molecular complexity index is 859. The lowest BCUT2D eigenvalue weighted by Crippen LogP contribution is -2.30. The molecule has 0 radical (unpaired) electrons. The van der Waals surface area contributed by atoms with E-state index in [1.165, 1.54) is 18.4 Å². The van der Waals surface area contributed by atoms with Crippen molar-refractivity contribution >= 4 is 29.4 Å². The number of nitrogens with one attached hydrogen (secondary N) is 2. The van der Waals surface area contributed by atoms with Crippen molar-refractivity contribution in [3.63, 3.8) is 0 Å². The molecule has 4 rings (SSSR count). The van der Waals surface area contributed by atoms with E-state index in [1.807, 2.05) is 18.2 Å². The lowest BCUT2D eigenvalue weighted by molar-refractivity contribution is -0.122. The minimum Gasteiger partial charge on any atom is -0.354 e. The number of anilines is 1. The van der Waals surface area contributed by atoms with E-state index in [9.17, 15) is 9.59 Å². The Morgan fingerprint density at radius 3 is 2.69 bits per heavy atom. The zero-order valence-corrected chi connectivity index (χ0v) is 17.5. The summed E-state index contributed by atoms with van der Waals surface area (Å²) in [7, 11) is 0. The van der Waals surface area contributed by atoms with E-state index < -0.39 is 0 Å². The topological polar surface area (TPSA) is 76.0 Å². The molecule has 2 amide bonds. The molecule has 154 valence electrons. The lowest BCUT2D eigenvalue weighted by Gasteiger charge is -2.13. The van der Waals surface area contributed by atoms with E-state index >= 15 is 0 Å². The number of hydrogen-bond donors (Lipinski definition) is 2. The lowest BCUT2D eigenvalue weighted by atomic mass is 10.0. The number of benzene rings is 1. The van der Waals surface area contributed by atoms with Crippen molar-refractivity contribution in [2.75, 3.05) is 11.9 Å². The van der Waals surface area contributed by atoms with Crippen LogP contribution in [-0.2, 0) is 34.1 Å². The molecular formula is C22H28N4O2S. The molecule has 0 spiro atoms. The maximum atomic E-state index is 12.6. The molecule has 2 aromatic rings. The fraction of sp³-hybridized carbons (Fsp3) is 0.500. The Kier molecular flexibility index (Phi) is 6.54. The zero-order chi connectivity index (χ0) is 20.1. The summed E-state index contributed by atoms with van der Waals surface area (Å²) >= 11 is 1.80. The highest BCUT2D eigenvalue weighted by Crippen LogP contribution is 2.35. The molecule has 1 aromatic carbocycles. The van der Waals surface area contributed by atoms with Crippen molar-refractivity contribution in [2.45, 2.75) is 56.6 Å². The molecule has 0 atom stereocenters. The standard InChI is InChI=1S/C22H28N4O2S/c27-20(12-17-8-4-5-9-17)24-22-18-14-29-15-19(18)25-26(22)13-21(28)23-11-10-16-6-2-1-3-7-16/h1-3,6-7,17H,4-5,8-15H2,(H,23,28)(H,24,27). The van der Waals surface area contributed by atoms with Crippen molar-refractivity contribution < 1.29 is 9.59 Å². The number of carbonyl (C=O) groups excluding carboxylic acids is 2. The molecular weight excluding hydrogens is 384 g/mol. The molecule has 6 nitrogen and oxygen atoms in total. The summed E-state index contributed by atoms with van der Waals surface area (Å²) in [5.41, 5.74) is 3.26. The first kappa shape index (κ1) is 20.0. The second-order valence-corrected chi connectivity index (χ2v) is 8.90. The molecule has 2 aliphatic rings. The van der Waals surface area contributed by atoms with Crippen LogP contribution in [-0.4, -0.2) is 28.1 Å². The van der Waals surface area contributed by atoms with E-state index in [4.69, 9.17) is 0 Å². The molecule has 1 fully saturated rings. The predicted octanol–water partition coefficient (Wildman–Crippen LogP) is 3.51. The first-order valence-corrected chi connectivity index (χ1v) is 11.6. The minimum absolute atomic E-state index is 0.0437. The second-order valence-electron chi connectivity index (χ2n) is 7.91. The van der Waals surface area contributed by atoms with Crippen LogP contribution in [0.3, 0.4) is 0 Å². The summed E-state index contributed by atoms with van der Waals surface area (Å²) in [4.78, 5) is 25.0. The number of hydrogen-bond acceptors (Lipinski definition) is 4. The summed E-state index contributed by atoms with van der Waals surface area (Å²) in [6.07, 6.45) is 6.10. The monoisotopic (exact) mass is 412 g/mol. The molecule has 29 heavy (non-hydrogen) atoms. The number of carbonyl (C=O) groups is 2. The Balaban J connectivity index is 1.35. The van der Waals surface area contributed by atoms with Crippen LogP contribution < -0.4 is 10.6 Å². The predicted molar refractivity (Wildman–Crippen MR) is 116 cm³/mol. The van der Waals surface area contributed by atoms with Gasteiger partial charge in [0, 0.05) is 30.0 Å². The van der Waals surface area contributed by atoms with E-state index in [0.29, 0.717) is 24.7 Å². The van der Waals surface area contributed by atoms with E-state index in [0.717, 1.165) is 42.0 Å². The molecule has 2 heterocycles. The molecule has 0 saturated heterocycles. The SMILES string of the molecule is O=C(Cn1nc2c(c1NC(=O)CC1CCCC1)CSC2)NCCc1ccccc1. The second kappa shape index (κ2) is 9.48. The van der Waals surface area contributed by atoms with Gasteiger partial charge >= 0.3 is 0 Å². The number of amides is 2.